The maximum Gasteiger partial charge on any atom is 0.269 e. The van der Waals surface area contributed by atoms with Gasteiger partial charge in [-0.25, -0.2) is 0 Å². The Morgan fingerprint density at radius 2 is 1.83 bits per heavy atom. The molecular formula is C12H16N3O3+. The van der Waals surface area contributed by atoms with Gasteiger partial charge >= 0.3 is 0 Å². The lowest BCUT2D eigenvalue weighted by Crippen LogP contribution is -3.12. The molecule has 1 aromatic carbocycles. The predicted molar refractivity (Wildman–Crippen MR) is 65.6 cm³/mol. The normalized spacial score (nSPS) is 16.6. The van der Waals surface area contributed by atoms with Crippen molar-refractivity contribution in [2.75, 3.05) is 33.2 Å². The minimum atomic E-state index is -0.465. The lowest BCUT2D eigenvalue weighted by Gasteiger charge is -2.30. The molecule has 0 atom stereocenters. The fraction of sp³-hybridized carbons (Fsp3) is 0.417. The predicted octanol–water partition coefficient (Wildman–Crippen LogP) is -0.435. The number of amides is 1. The number of hydrogen-bond donors (Lipinski definition) is 1. The van der Waals surface area contributed by atoms with Gasteiger partial charge in [0.1, 0.15) is 0 Å². The number of piperazine rings is 1. The quantitative estimate of drug-likeness (QED) is 0.572. The van der Waals surface area contributed by atoms with Gasteiger partial charge in [-0.05, 0) is 12.1 Å². The summed E-state index contributed by atoms with van der Waals surface area (Å²) in [5.74, 6) is -0.0441. The van der Waals surface area contributed by atoms with E-state index >= 15 is 0 Å². The van der Waals surface area contributed by atoms with E-state index < -0.39 is 4.92 Å². The van der Waals surface area contributed by atoms with Crippen molar-refractivity contribution in [2.24, 2.45) is 0 Å². The van der Waals surface area contributed by atoms with Gasteiger partial charge in [0.25, 0.3) is 11.6 Å². The van der Waals surface area contributed by atoms with Crippen LogP contribution >= 0.6 is 0 Å². The number of likely N-dealkylation sites (N-methyl/N-ethyl adjacent to an activating group) is 1. The highest BCUT2D eigenvalue weighted by Crippen LogP contribution is 2.13. The molecule has 1 N–H and O–H groups in total. The molecule has 0 spiro atoms. The zero-order chi connectivity index (χ0) is 13.1. The molecule has 2 rings (SSSR count). The fourth-order valence-electron chi connectivity index (χ4n) is 2.00. The first kappa shape index (κ1) is 12.5. The third kappa shape index (κ3) is 2.65. The van der Waals surface area contributed by atoms with Crippen molar-refractivity contribution < 1.29 is 14.6 Å². The van der Waals surface area contributed by atoms with Crippen LogP contribution in [0, 0.1) is 10.1 Å². The molecule has 6 nitrogen and oxygen atoms in total. The Hall–Kier alpha value is -1.95. The van der Waals surface area contributed by atoms with E-state index in [1.807, 2.05) is 0 Å². The minimum absolute atomic E-state index is 0.00868. The molecule has 1 aromatic rings. The number of nitro groups is 1. The van der Waals surface area contributed by atoms with Crippen LogP contribution in [-0.2, 0) is 0 Å². The van der Waals surface area contributed by atoms with Crippen LogP contribution in [0.4, 0.5) is 5.69 Å². The maximum atomic E-state index is 12.1. The molecule has 96 valence electrons. The summed E-state index contributed by atoms with van der Waals surface area (Å²) in [7, 11) is 2.10. The number of carbonyl (C=O) groups is 1. The summed E-state index contributed by atoms with van der Waals surface area (Å²) in [6.07, 6.45) is 0. The van der Waals surface area contributed by atoms with E-state index in [2.05, 4.69) is 7.05 Å². The molecule has 0 unspecified atom stereocenters. The number of carbonyl (C=O) groups excluding carboxylic acids is 1. The zero-order valence-corrected chi connectivity index (χ0v) is 10.3. The fourth-order valence-corrected chi connectivity index (χ4v) is 2.00. The molecule has 0 radical (unpaired) electrons. The SMILES string of the molecule is C[NH+]1CCN(C(=O)c2ccc([N+](=O)[O-])cc2)CC1. The van der Waals surface area contributed by atoms with Crippen molar-refractivity contribution in [2.45, 2.75) is 0 Å². The Labute approximate surface area is 105 Å². The van der Waals surface area contributed by atoms with Crippen molar-refractivity contribution in [3.05, 3.63) is 39.9 Å². The maximum absolute atomic E-state index is 12.1. The highest BCUT2D eigenvalue weighted by molar-refractivity contribution is 5.94. The van der Waals surface area contributed by atoms with Crippen LogP contribution in [0.3, 0.4) is 0 Å². The van der Waals surface area contributed by atoms with Crippen LogP contribution in [-0.4, -0.2) is 49.0 Å². The van der Waals surface area contributed by atoms with Gasteiger partial charge in [0, 0.05) is 17.7 Å². The van der Waals surface area contributed by atoms with Crippen LogP contribution in [0.1, 0.15) is 10.4 Å². The Kier molecular flexibility index (Phi) is 3.57. The van der Waals surface area contributed by atoms with Crippen LogP contribution in [0.25, 0.3) is 0 Å². The number of rotatable bonds is 2. The van der Waals surface area contributed by atoms with E-state index in [4.69, 9.17) is 0 Å². The number of quaternary nitrogens is 1. The first-order valence-electron chi connectivity index (χ1n) is 5.93. The van der Waals surface area contributed by atoms with Crippen LogP contribution in [0.15, 0.2) is 24.3 Å². The summed E-state index contributed by atoms with van der Waals surface area (Å²) in [5, 5.41) is 10.5. The van der Waals surface area contributed by atoms with Gasteiger partial charge in [0.15, 0.2) is 0 Å². The van der Waals surface area contributed by atoms with E-state index in [9.17, 15) is 14.9 Å². The Balaban J connectivity index is 2.07. The monoisotopic (exact) mass is 250 g/mol. The molecule has 1 heterocycles. The van der Waals surface area contributed by atoms with Gasteiger partial charge in [0.05, 0.1) is 38.2 Å². The molecule has 0 bridgehead atoms. The highest BCUT2D eigenvalue weighted by atomic mass is 16.6. The first-order chi connectivity index (χ1) is 8.58. The highest BCUT2D eigenvalue weighted by Gasteiger charge is 2.22. The summed E-state index contributed by atoms with van der Waals surface area (Å²) in [6, 6.07) is 5.78. The number of nitrogens with zero attached hydrogens (tertiary/aromatic N) is 2. The first-order valence-corrected chi connectivity index (χ1v) is 5.93. The molecule has 1 saturated heterocycles. The summed E-state index contributed by atoms with van der Waals surface area (Å²) in [4.78, 5) is 25.4. The largest absolute Gasteiger partial charge is 0.334 e. The summed E-state index contributed by atoms with van der Waals surface area (Å²) >= 11 is 0. The van der Waals surface area contributed by atoms with Crippen LogP contribution < -0.4 is 4.90 Å². The minimum Gasteiger partial charge on any atom is -0.334 e. The molecule has 6 heteroatoms. The molecule has 0 saturated carbocycles. The van der Waals surface area contributed by atoms with E-state index in [0.717, 1.165) is 26.2 Å². The van der Waals surface area contributed by atoms with Gasteiger partial charge in [-0.1, -0.05) is 0 Å². The molecule has 1 aliphatic heterocycles. The van der Waals surface area contributed by atoms with Crippen molar-refractivity contribution in [1.82, 2.24) is 4.90 Å². The molecule has 0 aliphatic carbocycles. The lowest BCUT2D eigenvalue weighted by molar-refractivity contribution is -0.883. The second-order valence-electron chi connectivity index (χ2n) is 4.55. The van der Waals surface area contributed by atoms with Crippen LogP contribution in [0.5, 0.6) is 0 Å². The number of nitro benzene ring substituents is 1. The van der Waals surface area contributed by atoms with E-state index in [-0.39, 0.29) is 11.6 Å². The van der Waals surface area contributed by atoms with Gasteiger partial charge in [-0.2, -0.15) is 0 Å². The second kappa shape index (κ2) is 5.14. The number of non-ortho nitro benzene ring substituents is 1. The summed E-state index contributed by atoms with van der Waals surface area (Å²) in [6.45, 7) is 3.36. The third-order valence-electron chi connectivity index (χ3n) is 3.23. The topological polar surface area (TPSA) is 67.9 Å². The smallest absolute Gasteiger partial charge is 0.269 e. The average Bonchev–Trinajstić information content (AvgIpc) is 2.39. The molecular weight excluding hydrogens is 234 g/mol. The van der Waals surface area contributed by atoms with E-state index in [0.29, 0.717) is 5.56 Å². The second-order valence-corrected chi connectivity index (χ2v) is 4.55. The lowest BCUT2D eigenvalue weighted by atomic mass is 10.1. The zero-order valence-electron chi connectivity index (χ0n) is 10.3. The number of hydrogen-bond acceptors (Lipinski definition) is 3. The van der Waals surface area contributed by atoms with Gasteiger partial charge in [-0.15, -0.1) is 0 Å². The number of benzene rings is 1. The molecule has 1 amide bonds. The molecule has 1 fully saturated rings. The molecule has 0 aromatic heterocycles. The van der Waals surface area contributed by atoms with Crippen LogP contribution in [0.2, 0.25) is 0 Å². The Bertz CT molecular complexity index is 450. The Morgan fingerprint density at radius 3 is 2.33 bits per heavy atom. The third-order valence-corrected chi connectivity index (χ3v) is 3.23. The van der Waals surface area contributed by atoms with Crippen molar-refractivity contribution in [1.29, 1.82) is 0 Å². The number of nitrogens with one attached hydrogen (secondary N) is 1. The summed E-state index contributed by atoms with van der Waals surface area (Å²) in [5.41, 5.74) is 0.523. The van der Waals surface area contributed by atoms with E-state index in [1.165, 1.54) is 29.2 Å². The van der Waals surface area contributed by atoms with Crippen molar-refractivity contribution >= 4 is 11.6 Å². The van der Waals surface area contributed by atoms with Crippen molar-refractivity contribution in [3.8, 4) is 0 Å². The van der Waals surface area contributed by atoms with Gasteiger partial charge in [0.2, 0.25) is 0 Å². The Morgan fingerprint density at radius 1 is 1.28 bits per heavy atom. The van der Waals surface area contributed by atoms with E-state index in [1.54, 1.807) is 4.90 Å². The molecule has 18 heavy (non-hydrogen) atoms. The summed E-state index contributed by atoms with van der Waals surface area (Å²) < 4.78 is 0. The van der Waals surface area contributed by atoms with Crippen molar-refractivity contribution in [3.63, 3.8) is 0 Å². The van der Waals surface area contributed by atoms with Gasteiger partial charge in [-0.3, -0.25) is 14.9 Å². The standard InChI is InChI=1S/C12H15N3O3/c1-13-6-8-14(9-7-13)12(16)10-2-4-11(5-3-10)15(17)18/h2-5H,6-9H2,1H3/p+1. The molecule has 1 aliphatic rings. The van der Waals surface area contributed by atoms with Gasteiger partial charge < -0.3 is 9.80 Å². The average molecular weight is 250 g/mol.